The van der Waals surface area contributed by atoms with E-state index in [1.54, 1.807) is 0 Å². The predicted molar refractivity (Wildman–Crippen MR) is 114 cm³/mol. The molecule has 29 heavy (non-hydrogen) atoms. The van der Waals surface area contributed by atoms with Crippen molar-refractivity contribution < 1.29 is 23.4 Å². The number of methoxy groups -OCH3 is 1. The lowest BCUT2D eigenvalue weighted by Gasteiger charge is -2.15. The third-order valence-corrected chi connectivity index (χ3v) is 5.37. The van der Waals surface area contributed by atoms with E-state index >= 15 is 0 Å². The van der Waals surface area contributed by atoms with Gasteiger partial charge in [0.05, 0.1) is 13.5 Å². The fraction of sp³-hybridized carbons (Fsp3) is 0.619. The first-order chi connectivity index (χ1) is 13.9. The molecule has 1 unspecified atom stereocenters. The molecule has 0 spiro atoms. The van der Waals surface area contributed by atoms with E-state index in [4.69, 9.17) is 4.52 Å². The Bertz CT molecular complexity index is 625. The number of aryl methyl sites for hydroxylation is 1. The highest BCUT2D eigenvalue weighted by molar-refractivity contribution is 7.36. The fourth-order valence-corrected chi connectivity index (χ4v) is 3.75. The highest BCUT2D eigenvalue weighted by Gasteiger charge is 2.32. The van der Waals surface area contributed by atoms with Crippen LogP contribution in [0.15, 0.2) is 30.3 Å². The molecule has 1 amide bonds. The van der Waals surface area contributed by atoms with Gasteiger partial charge in [0, 0.05) is 6.54 Å². The fourth-order valence-electron chi connectivity index (χ4n) is 2.74. The Hall–Kier alpha value is -1.82. The summed E-state index contributed by atoms with van der Waals surface area (Å²) < 4.78 is 22.0. The molecular formula is C21H34N2O5P+. The summed E-state index contributed by atoms with van der Waals surface area (Å²) in [5.74, 6) is -0.775. The van der Waals surface area contributed by atoms with Crippen LogP contribution >= 0.6 is 8.18 Å². The molecule has 162 valence electrons. The molecule has 8 heteroatoms. The molecule has 0 heterocycles. The average molecular weight is 425 g/mol. The predicted octanol–water partition coefficient (Wildman–Crippen LogP) is 3.76. The van der Waals surface area contributed by atoms with Crippen LogP contribution in [0.1, 0.15) is 51.5 Å². The molecule has 0 fully saturated rings. The van der Waals surface area contributed by atoms with Crippen molar-refractivity contribution >= 4 is 20.1 Å². The smallest absolute Gasteiger partial charge is 0.469 e. The highest BCUT2D eigenvalue weighted by Crippen LogP contribution is 2.21. The van der Waals surface area contributed by atoms with E-state index in [2.05, 4.69) is 39.4 Å². The number of amides is 1. The van der Waals surface area contributed by atoms with Crippen molar-refractivity contribution in [1.29, 1.82) is 0 Å². The molecule has 1 aromatic rings. The van der Waals surface area contributed by atoms with E-state index in [1.807, 2.05) is 19.9 Å². The summed E-state index contributed by atoms with van der Waals surface area (Å²) in [5.41, 5.74) is 1.35. The zero-order chi connectivity index (χ0) is 21.5. The van der Waals surface area contributed by atoms with Gasteiger partial charge in [-0.05, 0) is 35.3 Å². The largest absolute Gasteiger partial charge is 0.613 e. The number of hydrogen-bond acceptors (Lipinski definition) is 5. The maximum Gasteiger partial charge on any atom is 0.613 e. The summed E-state index contributed by atoms with van der Waals surface area (Å²) in [5, 5.41) is 5.40. The van der Waals surface area contributed by atoms with Crippen molar-refractivity contribution in [2.45, 2.75) is 58.4 Å². The second-order valence-corrected chi connectivity index (χ2v) is 8.24. The zero-order valence-corrected chi connectivity index (χ0v) is 18.6. The van der Waals surface area contributed by atoms with E-state index in [9.17, 15) is 14.2 Å². The number of benzene rings is 1. The maximum atomic E-state index is 12.2. The number of carbonyl (C=O) groups excluding carboxylic acids is 2. The number of carbonyl (C=O) groups is 2. The summed E-state index contributed by atoms with van der Waals surface area (Å²) in [7, 11) is -0.829. The van der Waals surface area contributed by atoms with Gasteiger partial charge in [-0.2, -0.15) is 0 Å². The maximum absolute atomic E-state index is 12.2. The van der Waals surface area contributed by atoms with Crippen LogP contribution in [0.4, 0.5) is 0 Å². The van der Waals surface area contributed by atoms with Crippen LogP contribution in [0.5, 0.6) is 0 Å². The molecule has 0 bridgehead atoms. The molecule has 0 aliphatic rings. The summed E-state index contributed by atoms with van der Waals surface area (Å²) in [4.78, 5) is 23.3. The van der Waals surface area contributed by atoms with E-state index in [0.29, 0.717) is 6.61 Å². The van der Waals surface area contributed by atoms with Gasteiger partial charge in [0.15, 0.2) is 0 Å². The number of rotatable bonds is 15. The standard InChI is InChI=1S/C21H33N2O5P/c1-17(2)20(21(25)22-15-14-19(24)27-3)23-29(26)28-16-10-5-4-7-11-18-12-8-6-9-13-18/h6,8-9,12-13,17,20H,4-5,7,10-11,14-16H2,1-3H3,(H-,22,23,25,26)/p+1/t20-/m0/s1. The first-order valence-corrected chi connectivity index (χ1v) is 11.4. The van der Waals surface area contributed by atoms with Crippen molar-refractivity contribution in [3.63, 3.8) is 0 Å². The Morgan fingerprint density at radius 2 is 1.76 bits per heavy atom. The number of ether oxygens (including phenoxy) is 1. The summed E-state index contributed by atoms with van der Waals surface area (Å²) in [6.07, 6.45) is 5.22. The van der Waals surface area contributed by atoms with Gasteiger partial charge < -0.3 is 10.1 Å². The average Bonchev–Trinajstić information content (AvgIpc) is 2.71. The molecule has 1 aromatic carbocycles. The number of nitrogens with one attached hydrogen (secondary N) is 2. The Kier molecular flexibility index (Phi) is 13.1. The second-order valence-electron chi connectivity index (χ2n) is 7.21. The number of esters is 1. The van der Waals surface area contributed by atoms with Crippen LogP contribution in [0.2, 0.25) is 0 Å². The Labute approximate surface area is 174 Å². The van der Waals surface area contributed by atoms with Crippen LogP contribution in [-0.4, -0.2) is 38.2 Å². The number of hydrogen-bond donors (Lipinski definition) is 2. The van der Waals surface area contributed by atoms with Crippen LogP contribution in [0.25, 0.3) is 0 Å². The van der Waals surface area contributed by atoms with Crippen molar-refractivity contribution in [2.24, 2.45) is 5.92 Å². The first kappa shape index (κ1) is 25.2. The van der Waals surface area contributed by atoms with Crippen LogP contribution in [0.3, 0.4) is 0 Å². The van der Waals surface area contributed by atoms with Gasteiger partial charge in [-0.3, -0.25) is 9.59 Å². The lowest BCUT2D eigenvalue weighted by molar-refractivity contribution is -0.140. The Morgan fingerprint density at radius 3 is 2.41 bits per heavy atom. The molecule has 1 rings (SSSR count). The summed E-state index contributed by atoms with van der Waals surface area (Å²) in [6, 6.07) is 9.74. The third-order valence-electron chi connectivity index (χ3n) is 4.46. The lowest BCUT2D eigenvalue weighted by atomic mass is 10.1. The topological polar surface area (TPSA) is 93.7 Å². The zero-order valence-electron chi connectivity index (χ0n) is 17.7. The van der Waals surface area contributed by atoms with E-state index in [1.165, 1.54) is 12.7 Å². The Balaban J connectivity index is 2.17. The Morgan fingerprint density at radius 1 is 1.07 bits per heavy atom. The van der Waals surface area contributed by atoms with Crippen molar-refractivity contribution in [1.82, 2.24) is 10.4 Å². The minimum absolute atomic E-state index is 0.0753. The molecule has 2 N–H and O–H groups in total. The SMILES string of the molecule is COC(=O)CCNC(=O)[C@@H](N[P+](=O)OCCCCCCc1ccccc1)C(C)C. The first-order valence-electron chi connectivity index (χ1n) is 10.2. The van der Waals surface area contributed by atoms with Gasteiger partial charge in [-0.25, -0.2) is 0 Å². The minimum atomic E-state index is -2.13. The molecule has 0 aliphatic carbocycles. The van der Waals surface area contributed by atoms with Crippen LogP contribution < -0.4 is 10.4 Å². The highest BCUT2D eigenvalue weighted by atomic mass is 31.1. The van der Waals surface area contributed by atoms with Crippen LogP contribution in [0, 0.1) is 5.92 Å². The van der Waals surface area contributed by atoms with Gasteiger partial charge in [-0.1, -0.05) is 62.1 Å². The molecule has 0 saturated carbocycles. The molecule has 0 radical (unpaired) electrons. The van der Waals surface area contributed by atoms with E-state index in [0.717, 1.165) is 32.1 Å². The summed E-state index contributed by atoms with van der Waals surface area (Å²) in [6.45, 7) is 4.28. The molecule has 0 aromatic heterocycles. The second kappa shape index (κ2) is 15.1. The quantitative estimate of drug-likeness (QED) is 0.252. The van der Waals surface area contributed by atoms with Gasteiger partial charge in [-0.15, -0.1) is 4.52 Å². The number of unbranched alkanes of at least 4 members (excludes halogenated alkanes) is 3. The van der Waals surface area contributed by atoms with Gasteiger partial charge in [0.1, 0.15) is 12.6 Å². The van der Waals surface area contributed by atoms with Crippen molar-refractivity contribution in [3.05, 3.63) is 35.9 Å². The minimum Gasteiger partial charge on any atom is -0.469 e. The molecule has 2 atom stereocenters. The molecule has 0 saturated heterocycles. The van der Waals surface area contributed by atoms with E-state index < -0.39 is 20.2 Å². The normalized spacial score (nSPS) is 12.5. The van der Waals surface area contributed by atoms with E-state index in [-0.39, 0.29) is 24.8 Å². The van der Waals surface area contributed by atoms with Crippen LogP contribution in [-0.2, 0) is 29.8 Å². The monoisotopic (exact) mass is 425 g/mol. The van der Waals surface area contributed by atoms with Crippen molar-refractivity contribution in [3.8, 4) is 0 Å². The summed E-state index contributed by atoms with van der Waals surface area (Å²) >= 11 is 0. The van der Waals surface area contributed by atoms with Gasteiger partial charge >= 0.3 is 14.1 Å². The molecule has 7 nitrogen and oxygen atoms in total. The molecule has 0 aliphatic heterocycles. The van der Waals surface area contributed by atoms with Gasteiger partial charge in [0.25, 0.3) is 0 Å². The lowest BCUT2D eigenvalue weighted by Crippen LogP contribution is -2.45. The molecular weight excluding hydrogens is 391 g/mol. The van der Waals surface area contributed by atoms with Gasteiger partial charge in [0.2, 0.25) is 5.91 Å². The van der Waals surface area contributed by atoms with Crippen molar-refractivity contribution in [2.75, 3.05) is 20.3 Å². The third kappa shape index (κ3) is 11.7.